The molecule has 1 rings (SSSR count). The number of piperazine rings is 1. The van der Waals surface area contributed by atoms with Crippen molar-refractivity contribution in [3.63, 3.8) is 0 Å². The number of unbranched alkanes of at least 4 members (excludes halogenated alkanes) is 1. The van der Waals surface area contributed by atoms with Gasteiger partial charge in [0.2, 0.25) is 0 Å². The Morgan fingerprint density at radius 3 is 2.69 bits per heavy atom. The van der Waals surface area contributed by atoms with Gasteiger partial charge in [-0.3, -0.25) is 0 Å². The first kappa shape index (κ1) is 11.0. The van der Waals surface area contributed by atoms with E-state index in [-0.39, 0.29) is 0 Å². The Morgan fingerprint density at radius 1 is 1.31 bits per heavy atom. The van der Waals surface area contributed by atoms with Gasteiger partial charge in [0.05, 0.1) is 0 Å². The fourth-order valence-electron chi connectivity index (χ4n) is 1.81. The van der Waals surface area contributed by atoms with Crippen LogP contribution in [0.1, 0.15) is 19.8 Å². The molecule has 78 valence electrons. The van der Waals surface area contributed by atoms with Crippen LogP contribution in [-0.4, -0.2) is 55.6 Å². The van der Waals surface area contributed by atoms with Crippen molar-refractivity contribution in [2.75, 3.05) is 39.8 Å². The van der Waals surface area contributed by atoms with Gasteiger partial charge in [-0.05, 0) is 39.9 Å². The van der Waals surface area contributed by atoms with Gasteiger partial charge in [-0.15, -0.1) is 0 Å². The molecule has 13 heavy (non-hydrogen) atoms. The summed E-state index contributed by atoms with van der Waals surface area (Å²) in [6.45, 7) is 8.03. The summed E-state index contributed by atoms with van der Waals surface area (Å²) in [5.74, 6) is 0. The highest BCUT2D eigenvalue weighted by atomic mass is 15.3. The van der Waals surface area contributed by atoms with Gasteiger partial charge in [-0.25, -0.2) is 0 Å². The summed E-state index contributed by atoms with van der Waals surface area (Å²) in [6, 6.07) is 0.714. The molecule has 3 nitrogen and oxygen atoms in total. The first-order valence-corrected chi connectivity index (χ1v) is 5.36. The fraction of sp³-hybridized carbons (Fsp3) is 1.00. The Morgan fingerprint density at radius 2 is 2.08 bits per heavy atom. The molecule has 0 aromatic carbocycles. The summed E-state index contributed by atoms with van der Waals surface area (Å²) in [4.78, 5) is 4.99. The van der Waals surface area contributed by atoms with Crippen molar-refractivity contribution in [3.05, 3.63) is 0 Å². The maximum Gasteiger partial charge on any atom is 0.0192 e. The Balaban J connectivity index is 2.14. The molecular weight excluding hydrogens is 162 g/mol. The van der Waals surface area contributed by atoms with Gasteiger partial charge in [-0.2, -0.15) is 0 Å². The molecule has 0 amide bonds. The number of likely N-dealkylation sites (N-methyl/N-ethyl adjacent to an activating group) is 1. The van der Waals surface area contributed by atoms with Crippen molar-refractivity contribution in [2.45, 2.75) is 25.8 Å². The van der Waals surface area contributed by atoms with Crippen molar-refractivity contribution in [1.82, 2.24) is 9.80 Å². The molecule has 1 aliphatic rings. The highest BCUT2D eigenvalue weighted by Crippen LogP contribution is 2.07. The Bertz CT molecular complexity index is 138. The van der Waals surface area contributed by atoms with Crippen LogP contribution in [0.4, 0.5) is 0 Å². The second kappa shape index (κ2) is 5.58. The molecule has 1 aliphatic heterocycles. The topological polar surface area (TPSA) is 32.5 Å². The lowest BCUT2D eigenvalue weighted by Gasteiger charge is -2.37. The van der Waals surface area contributed by atoms with Crippen molar-refractivity contribution in [3.8, 4) is 0 Å². The fourth-order valence-corrected chi connectivity index (χ4v) is 1.81. The first-order valence-electron chi connectivity index (χ1n) is 5.36. The highest BCUT2D eigenvalue weighted by molar-refractivity contribution is 4.76. The number of nitrogens with zero attached hydrogens (tertiary/aromatic N) is 2. The third-order valence-corrected chi connectivity index (χ3v) is 2.97. The largest absolute Gasteiger partial charge is 0.330 e. The average Bonchev–Trinajstić information content (AvgIpc) is 2.12. The highest BCUT2D eigenvalue weighted by Gasteiger charge is 2.19. The second-order valence-electron chi connectivity index (χ2n) is 4.13. The molecule has 0 aromatic heterocycles. The van der Waals surface area contributed by atoms with E-state index in [0.717, 1.165) is 6.54 Å². The van der Waals surface area contributed by atoms with Crippen molar-refractivity contribution in [2.24, 2.45) is 5.73 Å². The Labute approximate surface area is 81.9 Å². The SMILES string of the molecule is CC1CN(CCCCN)CCN1C. The van der Waals surface area contributed by atoms with E-state index < -0.39 is 0 Å². The monoisotopic (exact) mass is 185 g/mol. The smallest absolute Gasteiger partial charge is 0.0192 e. The Hall–Kier alpha value is -0.120. The van der Waals surface area contributed by atoms with E-state index >= 15 is 0 Å². The molecule has 3 heteroatoms. The molecule has 0 aromatic rings. The predicted molar refractivity (Wildman–Crippen MR) is 56.8 cm³/mol. The van der Waals surface area contributed by atoms with E-state index in [9.17, 15) is 0 Å². The van der Waals surface area contributed by atoms with Crippen LogP contribution < -0.4 is 5.73 Å². The number of nitrogens with two attached hydrogens (primary N) is 1. The molecule has 0 radical (unpaired) electrons. The van der Waals surface area contributed by atoms with Crippen LogP contribution in [-0.2, 0) is 0 Å². The predicted octanol–water partition coefficient (Wildman–Crippen LogP) is 0.361. The number of hydrogen-bond acceptors (Lipinski definition) is 3. The maximum absolute atomic E-state index is 5.47. The van der Waals surface area contributed by atoms with E-state index in [2.05, 4.69) is 23.8 Å². The van der Waals surface area contributed by atoms with Crippen LogP contribution in [0.5, 0.6) is 0 Å². The van der Waals surface area contributed by atoms with E-state index in [4.69, 9.17) is 5.73 Å². The van der Waals surface area contributed by atoms with Crippen LogP contribution in [0.15, 0.2) is 0 Å². The van der Waals surface area contributed by atoms with Crippen LogP contribution >= 0.6 is 0 Å². The third-order valence-electron chi connectivity index (χ3n) is 2.97. The molecule has 0 aliphatic carbocycles. The van der Waals surface area contributed by atoms with Gasteiger partial charge >= 0.3 is 0 Å². The maximum atomic E-state index is 5.47. The minimum atomic E-state index is 0.714. The zero-order valence-electron chi connectivity index (χ0n) is 9.00. The van der Waals surface area contributed by atoms with E-state index in [1.54, 1.807) is 0 Å². The van der Waals surface area contributed by atoms with E-state index in [0.29, 0.717) is 6.04 Å². The van der Waals surface area contributed by atoms with Crippen LogP contribution in [0.2, 0.25) is 0 Å². The standard InChI is InChI=1S/C10H23N3/c1-10-9-13(6-4-3-5-11)8-7-12(10)2/h10H,3-9,11H2,1-2H3. The summed E-state index contributed by atoms with van der Waals surface area (Å²) >= 11 is 0. The molecule has 0 saturated carbocycles. The first-order chi connectivity index (χ1) is 6.24. The van der Waals surface area contributed by atoms with Crippen LogP contribution in [0.3, 0.4) is 0 Å². The lowest BCUT2D eigenvalue weighted by Crippen LogP contribution is -2.50. The van der Waals surface area contributed by atoms with Gasteiger partial charge < -0.3 is 15.5 Å². The Kier molecular flexibility index (Phi) is 4.70. The van der Waals surface area contributed by atoms with Crippen LogP contribution in [0, 0.1) is 0 Å². The summed E-state index contributed by atoms with van der Waals surface area (Å²) in [5.41, 5.74) is 5.47. The molecule has 1 unspecified atom stereocenters. The molecule has 2 N–H and O–H groups in total. The lowest BCUT2D eigenvalue weighted by molar-refractivity contribution is 0.104. The third kappa shape index (κ3) is 3.63. The molecule has 0 spiro atoms. The average molecular weight is 185 g/mol. The second-order valence-corrected chi connectivity index (χ2v) is 4.13. The van der Waals surface area contributed by atoms with Gasteiger partial charge in [0, 0.05) is 25.7 Å². The zero-order valence-corrected chi connectivity index (χ0v) is 9.00. The molecular formula is C10H23N3. The van der Waals surface area contributed by atoms with E-state index in [1.807, 2.05) is 0 Å². The van der Waals surface area contributed by atoms with Gasteiger partial charge in [0.15, 0.2) is 0 Å². The van der Waals surface area contributed by atoms with Gasteiger partial charge in [0.25, 0.3) is 0 Å². The van der Waals surface area contributed by atoms with Crippen LogP contribution in [0.25, 0.3) is 0 Å². The zero-order chi connectivity index (χ0) is 9.68. The summed E-state index contributed by atoms with van der Waals surface area (Å²) in [7, 11) is 2.21. The summed E-state index contributed by atoms with van der Waals surface area (Å²) in [6.07, 6.45) is 2.42. The number of hydrogen-bond donors (Lipinski definition) is 1. The lowest BCUT2D eigenvalue weighted by atomic mass is 10.2. The van der Waals surface area contributed by atoms with Gasteiger partial charge in [0.1, 0.15) is 0 Å². The molecule has 1 saturated heterocycles. The molecule has 1 heterocycles. The molecule has 1 fully saturated rings. The minimum absolute atomic E-state index is 0.714. The quantitative estimate of drug-likeness (QED) is 0.642. The number of rotatable bonds is 4. The summed E-state index contributed by atoms with van der Waals surface area (Å²) in [5, 5.41) is 0. The molecule has 1 atom stereocenters. The van der Waals surface area contributed by atoms with Crippen molar-refractivity contribution < 1.29 is 0 Å². The molecule has 0 bridgehead atoms. The van der Waals surface area contributed by atoms with Crippen molar-refractivity contribution >= 4 is 0 Å². The van der Waals surface area contributed by atoms with Gasteiger partial charge in [-0.1, -0.05) is 0 Å². The minimum Gasteiger partial charge on any atom is -0.330 e. The normalized spacial score (nSPS) is 26.5. The van der Waals surface area contributed by atoms with E-state index in [1.165, 1.54) is 39.0 Å². The van der Waals surface area contributed by atoms with Crippen molar-refractivity contribution in [1.29, 1.82) is 0 Å². The summed E-state index contributed by atoms with van der Waals surface area (Å²) < 4.78 is 0.